The largest absolute Gasteiger partial charge is 0.378 e. The summed E-state index contributed by atoms with van der Waals surface area (Å²) in [6, 6.07) is 20.0. The van der Waals surface area contributed by atoms with E-state index in [9.17, 15) is 0 Å². The van der Waals surface area contributed by atoms with Crippen molar-refractivity contribution in [2.24, 2.45) is 0 Å². The van der Waals surface area contributed by atoms with Crippen molar-refractivity contribution in [1.29, 1.82) is 0 Å². The van der Waals surface area contributed by atoms with Gasteiger partial charge in [0.15, 0.2) is 0 Å². The first-order chi connectivity index (χ1) is 12.2. The standard InChI is InChI=1S/C22H30N2O/c1-4-22(23(2)3,18-19-8-6-5-7-9-19)20-10-12-21(13-11-20)24-14-16-25-17-15-24/h5-13H,4,14-18H2,1-3H3. The van der Waals surface area contributed by atoms with Crippen LogP contribution in [0.3, 0.4) is 0 Å². The van der Waals surface area contributed by atoms with Gasteiger partial charge in [-0.2, -0.15) is 0 Å². The van der Waals surface area contributed by atoms with Crippen LogP contribution in [0.5, 0.6) is 0 Å². The molecule has 0 bridgehead atoms. The third-order valence-corrected chi connectivity index (χ3v) is 5.56. The Kier molecular flexibility index (Phi) is 5.77. The van der Waals surface area contributed by atoms with E-state index in [2.05, 4.69) is 85.4 Å². The monoisotopic (exact) mass is 338 g/mol. The van der Waals surface area contributed by atoms with Gasteiger partial charge in [0, 0.05) is 24.3 Å². The summed E-state index contributed by atoms with van der Waals surface area (Å²) < 4.78 is 5.47. The van der Waals surface area contributed by atoms with Crippen molar-refractivity contribution in [1.82, 2.24) is 4.90 Å². The van der Waals surface area contributed by atoms with Gasteiger partial charge in [-0.15, -0.1) is 0 Å². The molecular weight excluding hydrogens is 308 g/mol. The third kappa shape index (κ3) is 3.88. The van der Waals surface area contributed by atoms with E-state index < -0.39 is 0 Å². The summed E-state index contributed by atoms with van der Waals surface area (Å²) in [6.45, 7) is 5.91. The molecule has 2 aromatic rings. The van der Waals surface area contributed by atoms with E-state index in [0.29, 0.717) is 0 Å². The Balaban J connectivity index is 1.88. The first-order valence-corrected chi connectivity index (χ1v) is 9.30. The number of morpholine rings is 1. The second-order valence-corrected chi connectivity index (χ2v) is 7.09. The summed E-state index contributed by atoms with van der Waals surface area (Å²) in [4.78, 5) is 4.79. The van der Waals surface area contributed by atoms with Crippen LogP contribution in [0.15, 0.2) is 54.6 Å². The van der Waals surface area contributed by atoms with E-state index >= 15 is 0 Å². The molecule has 0 aromatic heterocycles. The number of ether oxygens (including phenoxy) is 1. The lowest BCUT2D eigenvalue weighted by molar-refractivity contribution is 0.122. The number of nitrogens with zero attached hydrogens (tertiary/aromatic N) is 2. The van der Waals surface area contributed by atoms with Gasteiger partial charge in [0.25, 0.3) is 0 Å². The van der Waals surface area contributed by atoms with E-state index in [-0.39, 0.29) is 5.54 Å². The highest BCUT2D eigenvalue weighted by Gasteiger charge is 2.33. The first-order valence-electron chi connectivity index (χ1n) is 9.30. The summed E-state index contributed by atoms with van der Waals surface area (Å²) in [6.07, 6.45) is 2.10. The number of rotatable bonds is 6. The fraction of sp³-hybridized carbons (Fsp3) is 0.455. The maximum Gasteiger partial charge on any atom is 0.0642 e. The van der Waals surface area contributed by atoms with Gasteiger partial charge in [-0.25, -0.2) is 0 Å². The number of benzene rings is 2. The lowest BCUT2D eigenvalue weighted by Crippen LogP contribution is -2.43. The molecule has 3 nitrogen and oxygen atoms in total. The number of anilines is 1. The second kappa shape index (κ2) is 8.03. The molecule has 1 aliphatic heterocycles. The summed E-state index contributed by atoms with van der Waals surface area (Å²) in [5.41, 5.74) is 4.09. The molecule has 1 aliphatic rings. The van der Waals surface area contributed by atoms with Crippen LogP contribution >= 0.6 is 0 Å². The van der Waals surface area contributed by atoms with Gasteiger partial charge in [0.1, 0.15) is 0 Å². The first kappa shape index (κ1) is 18.0. The average molecular weight is 338 g/mol. The summed E-state index contributed by atoms with van der Waals surface area (Å²) in [5.74, 6) is 0. The van der Waals surface area contributed by atoms with Crippen molar-refractivity contribution in [2.75, 3.05) is 45.3 Å². The van der Waals surface area contributed by atoms with Gasteiger partial charge in [-0.1, -0.05) is 49.4 Å². The quantitative estimate of drug-likeness (QED) is 0.794. The molecule has 3 heteroatoms. The van der Waals surface area contributed by atoms with Crippen LogP contribution in [0.25, 0.3) is 0 Å². The Morgan fingerprint density at radius 1 is 0.960 bits per heavy atom. The fourth-order valence-electron chi connectivity index (χ4n) is 3.90. The SMILES string of the molecule is CCC(Cc1ccccc1)(c1ccc(N2CCOCC2)cc1)N(C)C. The van der Waals surface area contributed by atoms with Crippen molar-refractivity contribution in [3.05, 3.63) is 65.7 Å². The van der Waals surface area contributed by atoms with Crippen molar-refractivity contribution < 1.29 is 4.74 Å². The van der Waals surface area contributed by atoms with E-state index in [1.807, 2.05) is 0 Å². The normalized spacial score (nSPS) is 17.5. The molecule has 1 fully saturated rings. The highest BCUT2D eigenvalue weighted by molar-refractivity contribution is 5.49. The molecule has 0 N–H and O–H groups in total. The summed E-state index contributed by atoms with van der Waals surface area (Å²) in [5, 5.41) is 0. The lowest BCUT2D eigenvalue weighted by atomic mass is 9.80. The molecule has 1 saturated heterocycles. The Morgan fingerprint density at radius 3 is 2.16 bits per heavy atom. The Hall–Kier alpha value is -1.84. The van der Waals surface area contributed by atoms with E-state index in [1.165, 1.54) is 16.8 Å². The maximum atomic E-state index is 5.47. The van der Waals surface area contributed by atoms with Crippen LogP contribution in [-0.4, -0.2) is 45.3 Å². The van der Waals surface area contributed by atoms with Crippen molar-refractivity contribution in [3.8, 4) is 0 Å². The Labute approximate surface area is 152 Å². The molecule has 0 amide bonds. The second-order valence-electron chi connectivity index (χ2n) is 7.09. The van der Waals surface area contributed by atoms with Crippen LogP contribution in [0.4, 0.5) is 5.69 Å². The third-order valence-electron chi connectivity index (χ3n) is 5.56. The predicted octanol–water partition coefficient (Wildman–Crippen LogP) is 3.93. The molecule has 0 saturated carbocycles. The van der Waals surface area contributed by atoms with Crippen molar-refractivity contribution in [2.45, 2.75) is 25.3 Å². The van der Waals surface area contributed by atoms with Gasteiger partial charge < -0.3 is 9.64 Å². The molecule has 0 radical (unpaired) electrons. The fourth-order valence-corrected chi connectivity index (χ4v) is 3.90. The highest BCUT2D eigenvalue weighted by Crippen LogP contribution is 2.35. The van der Waals surface area contributed by atoms with Gasteiger partial charge in [-0.3, -0.25) is 4.90 Å². The predicted molar refractivity (Wildman–Crippen MR) is 105 cm³/mol. The van der Waals surface area contributed by atoms with Gasteiger partial charge >= 0.3 is 0 Å². The molecular formula is C22H30N2O. The Bertz CT molecular complexity index is 647. The smallest absolute Gasteiger partial charge is 0.0642 e. The van der Waals surface area contributed by atoms with Crippen molar-refractivity contribution >= 4 is 5.69 Å². The van der Waals surface area contributed by atoms with Gasteiger partial charge in [0.2, 0.25) is 0 Å². The topological polar surface area (TPSA) is 15.7 Å². The molecule has 134 valence electrons. The highest BCUT2D eigenvalue weighted by atomic mass is 16.5. The van der Waals surface area contributed by atoms with Crippen LogP contribution < -0.4 is 4.90 Å². The average Bonchev–Trinajstić information content (AvgIpc) is 2.67. The number of likely N-dealkylation sites (N-methyl/N-ethyl adjacent to an activating group) is 1. The van der Waals surface area contributed by atoms with Crippen LogP contribution in [0.1, 0.15) is 24.5 Å². The van der Waals surface area contributed by atoms with Gasteiger partial charge in [0.05, 0.1) is 13.2 Å². The molecule has 1 heterocycles. The zero-order valence-corrected chi connectivity index (χ0v) is 15.7. The summed E-state index contributed by atoms with van der Waals surface area (Å²) >= 11 is 0. The van der Waals surface area contributed by atoms with E-state index in [1.54, 1.807) is 0 Å². The minimum Gasteiger partial charge on any atom is -0.378 e. The van der Waals surface area contributed by atoms with E-state index in [4.69, 9.17) is 4.74 Å². The molecule has 3 rings (SSSR count). The molecule has 0 aliphatic carbocycles. The number of hydrogen-bond acceptors (Lipinski definition) is 3. The lowest BCUT2D eigenvalue weighted by Gasteiger charge is -2.40. The maximum absolute atomic E-state index is 5.47. The van der Waals surface area contributed by atoms with Gasteiger partial charge in [-0.05, 0) is 50.2 Å². The zero-order chi connectivity index (χ0) is 17.7. The molecule has 1 unspecified atom stereocenters. The zero-order valence-electron chi connectivity index (χ0n) is 15.7. The van der Waals surface area contributed by atoms with E-state index in [0.717, 1.165) is 39.1 Å². The minimum absolute atomic E-state index is 0.0187. The van der Waals surface area contributed by atoms with Crippen LogP contribution in [-0.2, 0) is 16.7 Å². The molecule has 0 spiro atoms. The van der Waals surface area contributed by atoms with Crippen molar-refractivity contribution in [3.63, 3.8) is 0 Å². The number of hydrogen-bond donors (Lipinski definition) is 0. The minimum atomic E-state index is 0.0187. The molecule has 2 aromatic carbocycles. The Morgan fingerprint density at radius 2 is 1.60 bits per heavy atom. The molecule has 1 atom stereocenters. The summed E-state index contributed by atoms with van der Waals surface area (Å²) in [7, 11) is 4.39. The van der Waals surface area contributed by atoms with Crippen LogP contribution in [0, 0.1) is 0 Å². The van der Waals surface area contributed by atoms with Crippen LogP contribution in [0.2, 0.25) is 0 Å². The molecule has 25 heavy (non-hydrogen) atoms.